The van der Waals surface area contributed by atoms with Gasteiger partial charge in [-0.1, -0.05) is 13.3 Å². The Morgan fingerprint density at radius 2 is 2.04 bits per heavy atom. The van der Waals surface area contributed by atoms with Crippen molar-refractivity contribution in [3.8, 4) is 0 Å². The third-order valence-electron chi connectivity index (χ3n) is 3.82. The first-order valence-corrected chi connectivity index (χ1v) is 8.52. The van der Waals surface area contributed by atoms with E-state index in [-0.39, 0.29) is 29.8 Å². The summed E-state index contributed by atoms with van der Waals surface area (Å²) in [6, 6.07) is 4.80. The normalized spacial score (nSPS) is 11.4. The van der Waals surface area contributed by atoms with Gasteiger partial charge in [-0.05, 0) is 36.6 Å². The molecule has 0 radical (unpaired) electrons. The fraction of sp³-hybridized carbons (Fsp3) is 0.500. The van der Waals surface area contributed by atoms with Crippen molar-refractivity contribution in [1.82, 2.24) is 15.6 Å². The van der Waals surface area contributed by atoms with Gasteiger partial charge in [0.05, 0.1) is 6.61 Å². The lowest BCUT2D eigenvalue weighted by Gasteiger charge is -2.12. The molecule has 0 fully saturated rings. The van der Waals surface area contributed by atoms with E-state index in [4.69, 9.17) is 4.74 Å². The Hall–Kier alpha value is -1.35. The number of hydrogen-bond acceptors (Lipinski definition) is 2. The molecule has 0 bridgehead atoms. The minimum atomic E-state index is -0.211. The van der Waals surface area contributed by atoms with E-state index < -0.39 is 0 Å². The zero-order chi connectivity index (χ0) is 17.2. The van der Waals surface area contributed by atoms with Crippen LogP contribution in [0.1, 0.15) is 25.3 Å². The van der Waals surface area contributed by atoms with Crippen LogP contribution in [0, 0.1) is 5.82 Å². The van der Waals surface area contributed by atoms with Crippen LogP contribution in [0.4, 0.5) is 4.39 Å². The Balaban J connectivity index is 0.00000312. The smallest absolute Gasteiger partial charge is 0.191 e. The number of nitrogens with one attached hydrogen (secondary N) is 3. The molecule has 1 aromatic heterocycles. The number of benzene rings is 1. The summed E-state index contributed by atoms with van der Waals surface area (Å²) in [6.45, 7) is 5.07. The Labute approximate surface area is 165 Å². The number of hydrogen-bond donors (Lipinski definition) is 3. The van der Waals surface area contributed by atoms with E-state index in [1.165, 1.54) is 6.07 Å². The number of unbranched alkanes of at least 4 members (excludes halogenated alkanes) is 1. The van der Waals surface area contributed by atoms with Gasteiger partial charge in [-0.25, -0.2) is 4.39 Å². The molecular formula is C18H28FIN4O. The van der Waals surface area contributed by atoms with Gasteiger partial charge in [0.25, 0.3) is 0 Å². The molecule has 0 aliphatic carbocycles. The number of aromatic amines is 1. The predicted molar refractivity (Wildman–Crippen MR) is 112 cm³/mol. The average molecular weight is 462 g/mol. The van der Waals surface area contributed by atoms with Crippen LogP contribution < -0.4 is 10.6 Å². The first-order chi connectivity index (χ1) is 11.7. The molecule has 7 heteroatoms. The predicted octanol–water partition coefficient (Wildman–Crippen LogP) is 3.45. The number of guanidine groups is 1. The van der Waals surface area contributed by atoms with E-state index in [9.17, 15) is 4.39 Å². The highest BCUT2D eigenvalue weighted by Gasteiger charge is 2.05. The summed E-state index contributed by atoms with van der Waals surface area (Å²) in [5.74, 6) is 0.539. The minimum Gasteiger partial charge on any atom is -0.380 e. The van der Waals surface area contributed by atoms with Crippen LogP contribution in [-0.2, 0) is 11.2 Å². The first-order valence-electron chi connectivity index (χ1n) is 8.52. The molecule has 140 valence electrons. The Kier molecular flexibility index (Phi) is 10.5. The van der Waals surface area contributed by atoms with Gasteiger partial charge in [-0.3, -0.25) is 4.99 Å². The van der Waals surface area contributed by atoms with Crippen LogP contribution in [0.3, 0.4) is 0 Å². The molecule has 0 aliphatic heterocycles. The fourth-order valence-corrected chi connectivity index (χ4v) is 2.48. The second-order valence-electron chi connectivity index (χ2n) is 5.65. The minimum absolute atomic E-state index is 0. The van der Waals surface area contributed by atoms with E-state index in [2.05, 4.69) is 27.5 Å². The van der Waals surface area contributed by atoms with Gasteiger partial charge in [0.2, 0.25) is 0 Å². The van der Waals surface area contributed by atoms with Gasteiger partial charge in [0.1, 0.15) is 5.82 Å². The molecule has 0 unspecified atom stereocenters. The molecular weight excluding hydrogens is 434 g/mol. The number of ether oxygens (including phenoxy) is 1. The monoisotopic (exact) mass is 462 g/mol. The zero-order valence-electron chi connectivity index (χ0n) is 14.9. The Bertz CT molecular complexity index is 660. The molecule has 0 saturated carbocycles. The summed E-state index contributed by atoms with van der Waals surface area (Å²) in [4.78, 5) is 7.36. The average Bonchev–Trinajstić information content (AvgIpc) is 2.98. The van der Waals surface area contributed by atoms with E-state index >= 15 is 0 Å². The quantitative estimate of drug-likeness (QED) is 0.232. The molecule has 25 heavy (non-hydrogen) atoms. The summed E-state index contributed by atoms with van der Waals surface area (Å²) in [7, 11) is 1.74. The van der Waals surface area contributed by atoms with Crippen molar-refractivity contribution in [3.05, 3.63) is 35.8 Å². The first kappa shape index (κ1) is 21.7. The van der Waals surface area contributed by atoms with Crippen LogP contribution in [0.2, 0.25) is 0 Å². The summed E-state index contributed by atoms with van der Waals surface area (Å²) >= 11 is 0. The maximum atomic E-state index is 13.4. The van der Waals surface area contributed by atoms with Crippen molar-refractivity contribution in [2.75, 3.05) is 33.4 Å². The molecule has 2 rings (SSSR count). The highest BCUT2D eigenvalue weighted by atomic mass is 127. The van der Waals surface area contributed by atoms with E-state index in [0.717, 1.165) is 61.4 Å². The number of aromatic nitrogens is 1. The molecule has 0 atom stereocenters. The molecule has 2 aromatic rings. The van der Waals surface area contributed by atoms with Crippen molar-refractivity contribution in [3.63, 3.8) is 0 Å². The lowest BCUT2D eigenvalue weighted by atomic mass is 10.1. The molecule has 0 spiro atoms. The van der Waals surface area contributed by atoms with Crippen molar-refractivity contribution >= 4 is 40.8 Å². The van der Waals surface area contributed by atoms with Gasteiger partial charge in [-0.15, -0.1) is 24.0 Å². The van der Waals surface area contributed by atoms with Crippen LogP contribution in [0.25, 0.3) is 10.9 Å². The fourth-order valence-electron chi connectivity index (χ4n) is 2.48. The molecule has 0 saturated heterocycles. The molecule has 1 aromatic carbocycles. The van der Waals surface area contributed by atoms with E-state index in [1.807, 2.05) is 6.20 Å². The molecule has 5 nitrogen and oxygen atoms in total. The van der Waals surface area contributed by atoms with Gasteiger partial charge < -0.3 is 20.4 Å². The summed E-state index contributed by atoms with van der Waals surface area (Å²) in [6.07, 6.45) is 4.97. The van der Waals surface area contributed by atoms with Crippen LogP contribution in [-0.4, -0.2) is 44.3 Å². The summed E-state index contributed by atoms with van der Waals surface area (Å²) in [5.41, 5.74) is 2.05. The number of rotatable bonds is 9. The molecule has 0 amide bonds. The SMILES string of the molecule is CCCCOCCNC(=NC)NCCc1c[nH]c2ccc(F)cc12.I. The Morgan fingerprint density at radius 1 is 1.24 bits per heavy atom. The van der Waals surface area contributed by atoms with Crippen molar-refractivity contribution in [2.45, 2.75) is 26.2 Å². The highest BCUT2D eigenvalue weighted by molar-refractivity contribution is 14.0. The number of aliphatic imine (C=N–C) groups is 1. The second-order valence-corrected chi connectivity index (χ2v) is 5.65. The number of fused-ring (bicyclic) bond motifs is 1. The zero-order valence-corrected chi connectivity index (χ0v) is 17.2. The lowest BCUT2D eigenvalue weighted by molar-refractivity contribution is 0.136. The third kappa shape index (κ3) is 7.19. The van der Waals surface area contributed by atoms with Gasteiger partial charge in [0, 0.05) is 43.8 Å². The molecule has 3 N–H and O–H groups in total. The highest BCUT2D eigenvalue weighted by Crippen LogP contribution is 2.19. The Morgan fingerprint density at radius 3 is 2.80 bits per heavy atom. The number of halogens is 2. The van der Waals surface area contributed by atoms with Crippen molar-refractivity contribution < 1.29 is 9.13 Å². The maximum absolute atomic E-state index is 13.4. The second kappa shape index (κ2) is 12.1. The number of nitrogens with zero attached hydrogens (tertiary/aromatic N) is 1. The third-order valence-corrected chi connectivity index (χ3v) is 3.82. The van der Waals surface area contributed by atoms with Crippen molar-refractivity contribution in [1.29, 1.82) is 0 Å². The van der Waals surface area contributed by atoms with Crippen LogP contribution >= 0.6 is 24.0 Å². The maximum Gasteiger partial charge on any atom is 0.191 e. The number of H-pyrrole nitrogens is 1. The van der Waals surface area contributed by atoms with Crippen LogP contribution in [0.5, 0.6) is 0 Å². The van der Waals surface area contributed by atoms with E-state index in [1.54, 1.807) is 19.2 Å². The van der Waals surface area contributed by atoms with Gasteiger partial charge in [-0.2, -0.15) is 0 Å². The lowest BCUT2D eigenvalue weighted by Crippen LogP contribution is -2.39. The molecule has 1 heterocycles. The topological polar surface area (TPSA) is 61.4 Å². The van der Waals surface area contributed by atoms with E-state index in [0.29, 0.717) is 6.61 Å². The molecule has 0 aliphatic rings. The summed E-state index contributed by atoms with van der Waals surface area (Å²) in [5, 5.41) is 7.42. The van der Waals surface area contributed by atoms with Gasteiger partial charge >= 0.3 is 0 Å². The van der Waals surface area contributed by atoms with Crippen molar-refractivity contribution in [2.24, 2.45) is 4.99 Å². The van der Waals surface area contributed by atoms with Gasteiger partial charge in [0.15, 0.2) is 5.96 Å². The van der Waals surface area contributed by atoms with Crippen LogP contribution in [0.15, 0.2) is 29.4 Å². The summed E-state index contributed by atoms with van der Waals surface area (Å²) < 4.78 is 18.9. The largest absolute Gasteiger partial charge is 0.380 e. The standard InChI is InChI=1S/C18H27FN4O.HI/c1-3-4-10-24-11-9-22-18(20-2)21-8-7-14-13-23-17-6-5-15(19)12-16(14)17;/h5-6,12-13,23H,3-4,7-11H2,1-2H3,(H2,20,21,22);1H.